The molecule has 106 valence electrons. The minimum atomic E-state index is 0.663. The lowest BCUT2D eigenvalue weighted by Crippen LogP contribution is -2.58. The van der Waals surface area contributed by atoms with E-state index in [1.807, 2.05) is 16.8 Å². The van der Waals surface area contributed by atoms with Crippen molar-refractivity contribution in [2.24, 2.45) is 11.8 Å². The molecule has 2 heterocycles. The van der Waals surface area contributed by atoms with E-state index in [0.29, 0.717) is 12.0 Å². The molecule has 2 fully saturated rings. The van der Waals surface area contributed by atoms with Crippen LogP contribution < -0.4 is 5.32 Å². The van der Waals surface area contributed by atoms with Crippen molar-refractivity contribution in [1.29, 1.82) is 0 Å². The summed E-state index contributed by atoms with van der Waals surface area (Å²) in [7, 11) is 0. The quantitative estimate of drug-likeness (QED) is 0.918. The van der Waals surface area contributed by atoms with Gasteiger partial charge in [0.2, 0.25) is 0 Å². The summed E-state index contributed by atoms with van der Waals surface area (Å²) < 4.78 is 0. The maximum absolute atomic E-state index is 4.39. The van der Waals surface area contributed by atoms with Crippen molar-refractivity contribution < 1.29 is 0 Å². The number of nitrogens with zero attached hydrogens (tertiary/aromatic N) is 2. The maximum Gasteiger partial charge on any atom is 0.0798 e. The fourth-order valence-electron chi connectivity index (χ4n) is 3.17. The lowest BCUT2D eigenvalue weighted by molar-refractivity contribution is 0.0860. The standard InChI is InChI=1S/C15H25N3S/c1-10(2)14-6-16-13(12-4-5-12)7-18(14)8-15-11(3)17-9-19-15/h9-10,12-14,16H,4-8H2,1-3H3. The van der Waals surface area contributed by atoms with Gasteiger partial charge in [0.1, 0.15) is 0 Å². The van der Waals surface area contributed by atoms with E-state index in [-0.39, 0.29) is 0 Å². The van der Waals surface area contributed by atoms with Crippen molar-refractivity contribution in [3.05, 3.63) is 16.1 Å². The fourth-order valence-corrected chi connectivity index (χ4v) is 3.97. The van der Waals surface area contributed by atoms with Crippen LogP contribution >= 0.6 is 11.3 Å². The molecule has 1 saturated carbocycles. The van der Waals surface area contributed by atoms with Crippen LogP contribution in [0.3, 0.4) is 0 Å². The molecule has 0 amide bonds. The van der Waals surface area contributed by atoms with E-state index in [4.69, 9.17) is 0 Å². The first-order valence-electron chi connectivity index (χ1n) is 7.51. The highest BCUT2D eigenvalue weighted by Crippen LogP contribution is 2.35. The van der Waals surface area contributed by atoms with Crippen molar-refractivity contribution in [2.45, 2.75) is 52.2 Å². The Bertz CT molecular complexity index is 425. The predicted octanol–water partition coefficient (Wildman–Crippen LogP) is 2.66. The lowest BCUT2D eigenvalue weighted by atomic mass is 9.97. The molecule has 2 unspecified atom stereocenters. The smallest absolute Gasteiger partial charge is 0.0798 e. The van der Waals surface area contributed by atoms with Crippen molar-refractivity contribution in [2.75, 3.05) is 13.1 Å². The van der Waals surface area contributed by atoms with Gasteiger partial charge in [-0.15, -0.1) is 11.3 Å². The molecule has 1 aliphatic carbocycles. The normalized spacial score (nSPS) is 29.1. The summed E-state index contributed by atoms with van der Waals surface area (Å²) in [5, 5.41) is 3.78. The number of hydrogen-bond acceptors (Lipinski definition) is 4. The highest BCUT2D eigenvalue weighted by molar-refractivity contribution is 7.09. The van der Waals surface area contributed by atoms with Gasteiger partial charge in [0.05, 0.1) is 11.2 Å². The summed E-state index contributed by atoms with van der Waals surface area (Å²) in [5.41, 5.74) is 3.20. The van der Waals surface area contributed by atoms with Crippen LogP contribution in [0.25, 0.3) is 0 Å². The van der Waals surface area contributed by atoms with Crippen LogP contribution in [0, 0.1) is 18.8 Å². The molecule has 1 aliphatic heterocycles. The van der Waals surface area contributed by atoms with Gasteiger partial charge in [-0.05, 0) is 31.6 Å². The topological polar surface area (TPSA) is 28.2 Å². The molecular weight excluding hydrogens is 254 g/mol. The molecule has 1 saturated heterocycles. The highest BCUT2D eigenvalue weighted by atomic mass is 32.1. The predicted molar refractivity (Wildman–Crippen MR) is 80.4 cm³/mol. The maximum atomic E-state index is 4.39. The van der Waals surface area contributed by atoms with Crippen LogP contribution in [-0.4, -0.2) is 35.1 Å². The van der Waals surface area contributed by atoms with Crippen LogP contribution in [0.2, 0.25) is 0 Å². The number of nitrogens with one attached hydrogen (secondary N) is 1. The molecule has 0 bridgehead atoms. The summed E-state index contributed by atoms with van der Waals surface area (Å²) in [6.45, 7) is 10.3. The number of rotatable bonds is 4. The minimum Gasteiger partial charge on any atom is -0.311 e. The Morgan fingerprint density at radius 1 is 1.47 bits per heavy atom. The Morgan fingerprint density at radius 2 is 2.26 bits per heavy atom. The molecular formula is C15H25N3S. The minimum absolute atomic E-state index is 0.663. The van der Waals surface area contributed by atoms with Gasteiger partial charge in [0, 0.05) is 36.6 Å². The van der Waals surface area contributed by atoms with Crippen LogP contribution in [0.15, 0.2) is 5.51 Å². The van der Waals surface area contributed by atoms with Gasteiger partial charge in [0.15, 0.2) is 0 Å². The molecule has 1 aromatic heterocycles. The third kappa shape index (κ3) is 3.01. The van der Waals surface area contributed by atoms with E-state index in [9.17, 15) is 0 Å². The first kappa shape index (κ1) is 13.5. The molecule has 2 atom stereocenters. The van der Waals surface area contributed by atoms with E-state index in [2.05, 4.69) is 36.0 Å². The number of hydrogen-bond donors (Lipinski definition) is 1. The third-order valence-corrected chi connectivity index (χ3v) is 5.56. The molecule has 3 nitrogen and oxygen atoms in total. The number of aromatic nitrogens is 1. The molecule has 3 rings (SSSR count). The summed E-state index contributed by atoms with van der Waals surface area (Å²) >= 11 is 1.81. The Balaban J connectivity index is 1.71. The second-order valence-electron chi connectivity index (χ2n) is 6.45. The zero-order valence-corrected chi connectivity index (χ0v) is 13.0. The van der Waals surface area contributed by atoms with Crippen molar-refractivity contribution in [1.82, 2.24) is 15.2 Å². The van der Waals surface area contributed by atoms with E-state index in [0.717, 1.165) is 25.0 Å². The van der Waals surface area contributed by atoms with E-state index in [1.165, 1.54) is 30.0 Å². The summed E-state index contributed by atoms with van der Waals surface area (Å²) in [6, 6.07) is 1.39. The molecule has 0 aromatic carbocycles. The highest BCUT2D eigenvalue weighted by Gasteiger charge is 2.38. The van der Waals surface area contributed by atoms with E-state index >= 15 is 0 Å². The van der Waals surface area contributed by atoms with Gasteiger partial charge in [-0.3, -0.25) is 4.90 Å². The average Bonchev–Trinajstić information content (AvgIpc) is 3.15. The Labute approximate surface area is 120 Å². The third-order valence-electron chi connectivity index (χ3n) is 4.64. The van der Waals surface area contributed by atoms with Crippen LogP contribution in [0.1, 0.15) is 37.3 Å². The lowest BCUT2D eigenvalue weighted by Gasteiger charge is -2.42. The number of piperazine rings is 1. The van der Waals surface area contributed by atoms with E-state index in [1.54, 1.807) is 0 Å². The molecule has 19 heavy (non-hydrogen) atoms. The molecule has 1 N–H and O–H groups in total. The largest absolute Gasteiger partial charge is 0.311 e. The Morgan fingerprint density at radius 3 is 2.84 bits per heavy atom. The Hall–Kier alpha value is -0.450. The summed E-state index contributed by atoms with van der Waals surface area (Å²) in [6.07, 6.45) is 2.86. The fraction of sp³-hybridized carbons (Fsp3) is 0.800. The zero-order valence-electron chi connectivity index (χ0n) is 12.2. The van der Waals surface area contributed by atoms with Gasteiger partial charge in [-0.25, -0.2) is 4.98 Å². The van der Waals surface area contributed by atoms with Gasteiger partial charge in [-0.1, -0.05) is 13.8 Å². The van der Waals surface area contributed by atoms with Gasteiger partial charge in [-0.2, -0.15) is 0 Å². The van der Waals surface area contributed by atoms with E-state index < -0.39 is 0 Å². The molecule has 0 spiro atoms. The first-order chi connectivity index (χ1) is 9.15. The zero-order chi connectivity index (χ0) is 13.4. The Kier molecular flexibility index (Phi) is 3.92. The number of thiazole rings is 1. The summed E-state index contributed by atoms with van der Waals surface area (Å²) in [5.74, 6) is 1.65. The van der Waals surface area contributed by atoms with Gasteiger partial charge < -0.3 is 5.32 Å². The summed E-state index contributed by atoms with van der Waals surface area (Å²) in [4.78, 5) is 8.54. The second-order valence-corrected chi connectivity index (χ2v) is 7.39. The van der Waals surface area contributed by atoms with Crippen molar-refractivity contribution in [3.63, 3.8) is 0 Å². The van der Waals surface area contributed by atoms with Crippen LogP contribution in [0.4, 0.5) is 0 Å². The second kappa shape index (κ2) is 5.51. The van der Waals surface area contributed by atoms with Crippen LogP contribution in [-0.2, 0) is 6.54 Å². The molecule has 2 aliphatic rings. The molecule has 4 heteroatoms. The van der Waals surface area contributed by atoms with Crippen molar-refractivity contribution >= 4 is 11.3 Å². The van der Waals surface area contributed by atoms with Crippen LogP contribution in [0.5, 0.6) is 0 Å². The average molecular weight is 279 g/mol. The molecule has 1 aromatic rings. The SMILES string of the molecule is Cc1ncsc1CN1CC(C2CC2)NCC1C(C)C. The molecule has 0 radical (unpaired) electrons. The van der Waals surface area contributed by atoms with Crippen molar-refractivity contribution in [3.8, 4) is 0 Å². The first-order valence-corrected chi connectivity index (χ1v) is 8.39. The van der Waals surface area contributed by atoms with Gasteiger partial charge in [0.25, 0.3) is 0 Å². The monoisotopic (exact) mass is 279 g/mol. The number of aryl methyl sites for hydroxylation is 1. The van der Waals surface area contributed by atoms with Gasteiger partial charge >= 0.3 is 0 Å².